The molecule has 0 aliphatic heterocycles. The van der Waals surface area contributed by atoms with E-state index in [4.69, 9.17) is 4.42 Å². The minimum Gasteiger partial charge on any atom is -0.403 e. The van der Waals surface area contributed by atoms with Crippen LogP contribution < -0.4 is 5.32 Å². The van der Waals surface area contributed by atoms with Gasteiger partial charge in [-0.05, 0) is 30.5 Å². The number of nitrogens with zero attached hydrogens (tertiary/aromatic N) is 4. The standard InChI is InChI=1S/C14H13N5O2S/c1-19-11(6-7-15-19)12(20)16-14-18-17-13(21-14)9-4-3-5-10(8-9)22-2/h3-8H,1-2H3,(H,16,18,20). The minimum atomic E-state index is -0.354. The maximum atomic E-state index is 12.0. The number of hydrogen-bond donors (Lipinski definition) is 1. The van der Waals surface area contributed by atoms with Crippen molar-refractivity contribution in [3.05, 3.63) is 42.2 Å². The van der Waals surface area contributed by atoms with Gasteiger partial charge >= 0.3 is 6.01 Å². The zero-order chi connectivity index (χ0) is 15.5. The van der Waals surface area contributed by atoms with Crippen LogP contribution in [-0.2, 0) is 7.05 Å². The first-order chi connectivity index (χ1) is 10.7. The fourth-order valence-electron chi connectivity index (χ4n) is 1.90. The van der Waals surface area contributed by atoms with Crippen molar-refractivity contribution in [1.29, 1.82) is 0 Å². The van der Waals surface area contributed by atoms with Crippen molar-refractivity contribution < 1.29 is 9.21 Å². The van der Waals surface area contributed by atoms with Gasteiger partial charge < -0.3 is 4.42 Å². The number of anilines is 1. The Morgan fingerprint density at radius 3 is 2.91 bits per heavy atom. The number of amides is 1. The van der Waals surface area contributed by atoms with Gasteiger partial charge in [-0.3, -0.25) is 14.8 Å². The summed E-state index contributed by atoms with van der Waals surface area (Å²) in [6, 6.07) is 9.39. The fraction of sp³-hybridized carbons (Fsp3) is 0.143. The average Bonchev–Trinajstić information content (AvgIpc) is 3.16. The van der Waals surface area contributed by atoms with E-state index in [9.17, 15) is 4.79 Å². The Balaban J connectivity index is 1.79. The van der Waals surface area contributed by atoms with Crippen LogP contribution in [0, 0.1) is 0 Å². The van der Waals surface area contributed by atoms with Crippen molar-refractivity contribution in [2.45, 2.75) is 4.90 Å². The van der Waals surface area contributed by atoms with Crippen molar-refractivity contribution in [3.63, 3.8) is 0 Å². The summed E-state index contributed by atoms with van der Waals surface area (Å²) in [5.41, 5.74) is 1.21. The zero-order valence-electron chi connectivity index (χ0n) is 12.0. The quantitative estimate of drug-likeness (QED) is 0.744. The number of rotatable bonds is 4. The second kappa shape index (κ2) is 6.02. The first-order valence-corrected chi connectivity index (χ1v) is 7.67. The highest BCUT2D eigenvalue weighted by Gasteiger charge is 2.15. The molecular weight excluding hydrogens is 302 g/mol. The van der Waals surface area contributed by atoms with Crippen molar-refractivity contribution >= 4 is 23.7 Å². The number of thioether (sulfide) groups is 1. The molecule has 8 heteroatoms. The Morgan fingerprint density at radius 1 is 1.32 bits per heavy atom. The van der Waals surface area contributed by atoms with E-state index in [0.29, 0.717) is 11.6 Å². The normalized spacial score (nSPS) is 10.6. The highest BCUT2D eigenvalue weighted by molar-refractivity contribution is 7.98. The van der Waals surface area contributed by atoms with E-state index < -0.39 is 0 Å². The van der Waals surface area contributed by atoms with Gasteiger partial charge in [0.15, 0.2) is 0 Å². The molecule has 1 N–H and O–H groups in total. The van der Waals surface area contributed by atoms with Gasteiger partial charge in [0.25, 0.3) is 5.91 Å². The molecule has 112 valence electrons. The molecule has 0 fully saturated rings. The number of carbonyl (C=O) groups is 1. The SMILES string of the molecule is CSc1cccc(-c2nnc(NC(=O)c3ccnn3C)o2)c1. The summed E-state index contributed by atoms with van der Waals surface area (Å²) in [6.45, 7) is 0. The molecule has 0 saturated carbocycles. The molecule has 2 aromatic heterocycles. The predicted molar refractivity (Wildman–Crippen MR) is 82.7 cm³/mol. The van der Waals surface area contributed by atoms with Gasteiger partial charge in [-0.1, -0.05) is 11.2 Å². The Bertz CT molecular complexity index is 811. The molecule has 2 heterocycles. The fourth-order valence-corrected chi connectivity index (χ4v) is 2.36. The van der Waals surface area contributed by atoms with E-state index in [1.807, 2.05) is 30.5 Å². The predicted octanol–water partition coefficient (Wildman–Crippen LogP) is 2.44. The zero-order valence-corrected chi connectivity index (χ0v) is 12.8. The summed E-state index contributed by atoms with van der Waals surface area (Å²) in [6.07, 6.45) is 3.54. The van der Waals surface area contributed by atoms with Gasteiger partial charge in [0.1, 0.15) is 5.69 Å². The van der Waals surface area contributed by atoms with Crippen LogP contribution in [0.4, 0.5) is 6.01 Å². The lowest BCUT2D eigenvalue weighted by molar-refractivity contribution is 0.101. The third-order valence-electron chi connectivity index (χ3n) is 3.02. The van der Waals surface area contributed by atoms with Gasteiger partial charge in [-0.25, -0.2) is 0 Å². The molecule has 0 spiro atoms. The van der Waals surface area contributed by atoms with Crippen LogP contribution in [0.1, 0.15) is 10.5 Å². The molecule has 22 heavy (non-hydrogen) atoms. The minimum absolute atomic E-state index is 0.0516. The smallest absolute Gasteiger partial charge is 0.322 e. The van der Waals surface area contributed by atoms with E-state index in [-0.39, 0.29) is 11.9 Å². The van der Waals surface area contributed by atoms with Crippen LogP contribution in [0.25, 0.3) is 11.5 Å². The van der Waals surface area contributed by atoms with Crippen LogP contribution in [0.2, 0.25) is 0 Å². The number of nitrogens with one attached hydrogen (secondary N) is 1. The monoisotopic (exact) mass is 315 g/mol. The topological polar surface area (TPSA) is 85.8 Å². The highest BCUT2D eigenvalue weighted by Crippen LogP contribution is 2.24. The molecule has 3 aromatic rings. The molecule has 3 rings (SSSR count). The molecule has 0 atom stereocenters. The summed E-state index contributed by atoms with van der Waals surface area (Å²) in [5.74, 6) is 0.00395. The van der Waals surface area contributed by atoms with E-state index in [1.165, 1.54) is 4.68 Å². The van der Waals surface area contributed by atoms with Crippen LogP contribution in [0.15, 0.2) is 45.8 Å². The summed E-state index contributed by atoms with van der Waals surface area (Å²) in [7, 11) is 1.68. The average molecular weight is 315 g/mol. The lowest BCUT2D eigenvalue weighted by Gasteiger charge is -2.00. The van der Waals surface area contributed by atoms with Gasteiger partial charge in [-0.2, -0.15) is 5.10 Å². The summed E-state index contributed by atoms with van der Waals surface area (Å²) in [4.78, 5) is 13.1. The summed E-state index contributed by atoms with van der Waals surface area (Å²) in [5, 5.41) is 14.3. The molecule has 0 aliphatic carbocycles. The van der Waals surface area contributed by atoms with Crippen molar-refractivity contribution in [3.8, 4) is 11.5 Å². The second-order valence-electron chi connectivity index (χ2n) is 4.44. The largest absolute Gasteiger partial charge is 0.403 e. The number of benzene rings is 1. The van der Waals surface area contributed by atoms with Crippen molar-refractivity contribution in [2.75, 3.05) is 11.6 Å². The molecular formula is C14H13N5O2S. The van der Waals surface area contributed by atoms with Gasteiger partial charge in [0, 0.05) is 23.7 Å². The molecule has 0 bridgehead atoms. The van der Waals surface area contributed by atoms with Crippen LogP contribution in [0.5, 0.6) is 0 Å². The van der Waals surface area contributed by atoms with Gasteiger partial charge in [-0.15, -0.1) is 16.9 Å². The number of carbonyl (C=O) groups excluding carboxylic acids is 1. The lowest BCUT2D eigenvalue weighted by atomic mass is 10.2. The number of aryl methyl sites for hydroxylation is 1. The number of hydrogen-bond acceptors (Lipinski definition) is 6. The summed E-state index contributed by atoms with van der Waals surface area (Å²) < 4.78 is 6.95. The van der Waals surface area contributed by atoms with Crippen molar-refractivity contribution in [1.82, 2.24) is 20.0 Å². The first kappa shape index (κ1) is 14.3. The highest BCUT2D eigenvalue weighted by atomic mass is 32.2. The Morgan fingerprint density at radius 2 is 2.18 bits per heavy atom. The van der Waals surface area contributed by atoms with Gasteiger partial charge in [0.2, 0.25) is 5.89 Å². The van der Waals surface area contributed by atoms with Crippen molar-refractivity contribution in [2.24, 2.45) is 7.05 Å². The molecule has 0 aliphatic rings. The van der Waals surface area contributed by atoms with Crippen LogP contribution >= 0.6 is 11.8 Å². The molecule has 0 radical (unpaired) electrons. The van der Waals surface area contributed by atoms with E-state index in [2.05, 4.69) is 20.6 Å². The third-order valence-corrected chi connectivity index (χ3v) is 3.74. The molecule has 0 saturated heterocycles. The van der Waals surface area contributed by atoms with E-state index in [0.717, 1.165) is 10.5 Å². The maximum absolute atomic E-state index is 12.0. The molecule has 1 aromatic carbocycles. The number of aromatic nitrogens is 4. The summed E-state index contributed by atoms with van der Waals surface area (Å²) >= 11 is 1.63. The molecule has 1 amide bonds. The van der Waals surface area contributed by atoms with Gasteiger partial charge in [0.05, 0.1) is 0 Å². The molecule has 7 nitrogen and oxygen atoms in total. The molecule has 0 unspecified atom stereocenters. The lowest BCUT2D eigenvalue weighted by Crippen LogP contribution is -2.16. The van der Waals surface area contributed by atoms with Crippen LogP contribution in [-0.4, -0.2) is 32.1 Å². The first-order valence-electron chi connectivity index (χ1n) is 6.44. The Kier molecular flexibility index (Phi) is 3.92. The second-order valence-corrected chi connectivity index (χ2v) is 5.32. The third kappa shape index (κ3) is 2.86. The van der Waals surface area contributed by atoms with E-state index in [1.54, 1.807) is 31.1 Å². The Hall–Kier alpha value is -2.61. The van der Waals surface area contributed by atoms with Crippen LogP contribution in [0.3, 0.4) is 0 Å². The Labute approximate surface area is 130 Å². The maximum Gasteiger partial charge on any atom is 0.322 e. The van der Waals surface area contributed by atoms with E-state index >= 15 is 0 Å².